The van der Waals surface area contributed by atoms with E-state index in [4.69, 9.17) is 0 Å². The van der Waals surface area contributed by atoms with Gasteiger partial charge >= 0.3 is 83.9 Å². The molecule has 0 heterocycles. The van der Waals surface area contributed by atoms with Crippen molar-refractivity contribution >= 4 is 17.4 Å². The summed E-state index contributed by atoms with van der Waals surface area (Å²) in [7, 11) is 0. The van der Waals surface area contributed by atoms with Gasteiger partial charge in [0.25, 0.3) is 0 Å². The zero-order valence-electron chi connectivity index (χ0n) is 2.28. The van der Waals surface area contributed by atoms with E-state index in [9.17, 15) is 0 Å². The fourth-order valence-corrected chi connectivity index (χ4v) is 0. The molecule has 0 fully saturated rings. The second kappa shape index (κ2) is 50.8. The molecule has 0 rings (SSSR count). The van der Waals surface area contributed by atoms with Gasteiger partial charge in [0.1, 0.15) is 0 Å². The Labute approximate surface area is 88.5 Å². The molecule has 0 aliphatic carbocycles. The predicted molar refractivity (Wildman–Crippen MR) is 6.44 cm³/mol. The molecule has 0 aromatic rings. The van der Waals surface area contributed by atoms with Crippen LogP contribution in [0, 0.1) is 0 Å². The molecule has 0 spiro atoms. The number of hydrogen-bond donors (Lipinski definition) is 0. The van der Waals surface area contributed by atoms with Gasteiger partial charge in [0.2, 0.25) is 0 Å². The first-order valence-electron chi connectivity index (χ1n) is 0. The molecule has 2 radical (unpaired) electrons. The maximum absolute atomic E-state index is 0. The third-order valence-electron chi connectivity index (χ3n) is 0. The van der Waals surface area contributed by atoms with E-state index >= 15 is 0 Å². The summed E-state index contributed by atoms with van der Waals surface area (Å²) in [6.45, 7) is 0. The molecular weight excluding hydrogens is 278 g/mol. The second-order valence-corrected chi connectivity index (χ2v) is 0. The number of rotatable bonds is 0. The average molecular weight is 278 g/mol. The summed E-state index contributed by atoms with van der Waals surface area (Å²) in [5, 5.41) is 0. The Kier molecular flexibility index (Phi) is 650. The minimum Gasteiger partial charge on any atom is -2.00 e. The molecule has 0 saturated heterocycles. The minimum absolute atomic E-state index is 0. The fraction of sp³-hybridized carbons (Fsp3) is 0. The molecule has 0 aliphatic heterocycles. The van der Waals surface area contributed by atoms with Gasteiger partial charge in [-0.15, -0.1) is 0 Å². The molecule has 0 aromatic carbocycles. The summed E-state index contributed by atoms with van der Waals surface area (Å²) >= 11 is 0. The summed E-state index contributed by atoms with van der Waals surface area (Å²) in [6.07, 6.45) is 0. The van der Waals surface area contributed by atoms with Crippen molar-refractivity contribution in [3.63, 3.8) is 0 Å². The van der Waals surface area contributed by atoms with Crippen LogP contribution in [0.25, 0.3) is 0 Å². The second-order valence-electron chi connectivity index (χ2n) is 0. The molecule has 0 amide bonds. The summed E-state index contributed by atoms with van der Waals surface area (Å²) < 4.78 is 0. The fourth-order valence-electron chi connectivity index (χ4n) is 0. The third-order valence-corrected chi connectivity index (χ3v) is 0. The van der Waals surface area contributed by atoms with E-state index in [0.29, 0.717) is 0 Å². The molecule has 0 atom stereocenters. The van der Waals surface area contributed by atoms with Crippen molar-refractivity contribution < 1.29 is 72.0 Å². The van der Waals surface area contributed by atoms with Gasteiger partial charge < -0.3 is 5.48 Å². The maximum Gasteiger partial charge on any atom is 3.00 e. The molecule has 0 aromatic heterocycles. The van der Waals surface area contributed by atoms with Crippen molar-refractivity contribution in [2.75, 3.05) is 0 Å². The Balaban J connectivity index is 0. The van der Waals surface area contributed by atoms with Crippen LogP contribution in [0.1, 0.15) is 0 Å². The van der Waals surface area contributed by atoms with Crippen molar-refractivity contribution in [1.29, 1.82) is 0 Å². The SMILES string of the molecule is [Al+3].[Co+2].[Co+3].[Ni+2].[Ni+3].[O-2]. The van der Waals surface area contributed by atoms with Crippen LogP contribution >= 0.6 is 0 Å². The number of hydrogen-bond acceptors (Lipinski definition) is 0. The van der Waals surface area contributed by atoms with Crippen LogP contribution in [0.4, 0.5) is 0 Å². The predicted octanol–water partition coefficient (Wildman–Crippen LogP) is -0.510. The van der Waals surface area contributed by atoms with Crippen molar-refractivity contribution in [3.05, 3.63) is 0 Å². The molecule has 0 saturated carbocycles. The van der Waals surface area contributed by atoms with Gasteiger partial charge in [-0.3, -0.25) is 0 Å². The monoisotopic (exact) mass is 277 g/mol. The Morgan fingerprint density at radius 3 is 1.00 bits per heavy atom. The molecule has 0 unspecified atom stereocenters. The van der Waals surface area contributed by atoms with Crippen molar-refractivity contribution in [1.82, 2.24) is 0 Å². The van der Waals surface area contributed by atoms with E-state index in [0.717, 1.165) is 0 Å². The largest absolute Gasteiger partial charge is 3.00 e. The molecule has 0 bridgehead atoms. The van der Waals surface area contributed by atoms with E-state index < -0.39 is 0 Å². The normalized spacial score (nSPS) is 0. The van der Waals surface area contributed by atoms with Gasteiger partial charge in [0.05, 0.1) is 0 Å². The van der Waals surface area contributed by atoms with Crippen molar-refractivity contribution in [3.8, 4) is 0 Å². The third kappa shape index (κ3) is 31.5. The quantitative estimate of drug-likeness (QED) is 0.534. The van der Waals surface area contributed by atoms with E-state index in [2.05, 4.69) is 0 Å². The minimum atomic E-state index is 0. The van der Waals surface area contributed by atoms with Gasteiger partial charge in [0, 0.05) is 0 Å². The Morgan fingerprint density at radius 1 is 1.00 bits per heavy atom. The molecule has 36 valence electrons. The van der Waals surface area contributed by atoms with E-state index in [1.54, 1.807) is 0 Å². The molecule has 0 N–H and O–H groups in total. The molecule has 1 nitrogen and oxygen atoms in total. The first-order valence-corrected chi connectivity index (χ1v) is 0. The average Bonchev–Trinajstić information content (AvgIpc) is 0. The van der Waals surface area contributed by atoms with Crippen LogP contribution in [0.5, 0.6) is 0 Å². The van der Waals surface area contributed by atoms with Crippen LogP contribution in [0.15, 0.2) is 0 Å². The van der Waals surface area contributed by atoms with Gasteiger partial charge in [0.15, 0.2) is 0 Å². The summed E-state index contributed by atoms with van der Waals surface area (Å²) in [5.41, 5.74) is 0. The van der Waals surface area contributed by atoms with Crippen LogP contribution < -0.4 is 0 Å². The van der Waals surface area contributed by atoms with E-state index in [1.165, 1.54) is 0 Å². The summed E-state index contributed by atoms with van der Waals surface area (Å²) in [5.74, 6) is 0. The van der Waals surface area contributed by atoms with Gasteiger partial charge in [-0.05, 0) is 0 Å². The van der Waals surface area contributed by atoms with Crippen LogP contribution in [-0.4, -0.2) is 17.4 Å². The van der Waals surface area contributed by atoms with Crippen molar-refractivity contribution in [2.45, 2.75) is 0 Å². The van der Waals surface area contributed by atoms with Crippen LogP contribution in [0.2, 0.25) is 0 Å². The zero-order chi connectivity index (χ0) is 0. The topological polar surface area (TPSA) is 28.5 Å². The Hall–Kier alpha value is 2.49. The van der Waals surface area contributed by atoms with Crippen LogP contribution in [-0.2, 0) is 72.0 Å². The zero-order valence-corrected chi connectivity index (χ0v) is 7.50. The maximum atomic E-state index is 0. The molecule has 6 heavy (non-hydrogen) atoms. The van der Waals surface area contributed by atoms with E-state index in [1.807, 2.05) is 0 Å². The molecule has 6 heteroatoms. The standard InChI is InChI=1S/Al.2Co.2Ni.O/q+3;+2;+3;+2;+3;-2. The Bertz CT molecular complexity index is 11.5. The van der Waals surface area contributed by atoms with Crippen molar-refractivity contribution in [2.24, 2.45) is 0 Å². The van der Waals surface area contributed by atoms with Gasteiger partial charge in [-0.1, -0.05) is 0 Å². The van der Waals surface area contributed by atoms with E-state index in [-0.39, 0.29) is 89.4 Å². The summed E-state index contributed by atoms with van der Waals surface area (Å²) in [6, 6.07) is 0. The first kappa shape index (κ1) is 76.7. The molecular formula is AlCo2Ni2O+11. The van der Waals surface area contributed by atoms with Crippen LogP contribution in [0.3, 0.4) is 0 Å². The smallest absolute Gasteiger partial charge is 2.00 e. The summed E-state index contributed by atoms with van der Waals surface area (Å²) in [4.78, 5) is 0. The Morgan fingerprint density at radius 2 is 1.00 bits per heavy atom. The van der Waals surface area contributed by atoms with Gasteiger partial charge in [-0.2, -0.15) is 0 Å². The first-order chi connectivity index (χ1) is 0. The molecule has 0 aliphatic rings. The van der Waals surface area contributed by atoms with Gasteiger partial charge in [-0.25, -0.2) is 0 Å².